The van der Waals surface area contributed by atoms with Crippen molar-refractivity contribution in [3.8, 4) is 0 Å². The molecule has 1 heterocycles. The van der Waals surface area contributed by atoms with Gasteiger partial charge in [0.25, 0.3) is 5.91 Å². The first-order valence-corrected chi connectivity index (χ1v) is 5.11. The van der Waals surface area contributed by atoms with Gasteiger partial charge < -0.3 is 16.2 Å². The highest BCUT2D eigenvalue weighted by molar-refractivity contribution is 5.90. The summed E-state index contributed by atoms with van der Waals surface area (Å²) >= 11 is 0. The van der Waals surface area contributed by atoms with Crippen molar-refractivity contribution in [3.63, 3.8) is 0 Å². The number of amides is 1. The number of carbonyl (C=O) groups is 2. The normalized spacial score (nSPS) is 11.8. The van der Waals surface area contributed by atoms with E-state index in [0.29, 0.717) is 18.8 Å². The Bertz CT molecular complexity index is 405. The van der Waals surface area contributed by atoms with Gasteiger partial charge in [-0.15, -0.1) is 10.2 Å². The first-order chi connectivity index (χ1) is 8.00. The number of primary amides is 1. The summed E-state index contributed by atoms with van der Waals surface area (Å²) in [6.45, 7) is 2.10. The van der Waals surface area contributed by atoms with E-state index in [1.54, 1.807) is 13.0 Å². The van der Waals surface area contributed by atoms with Crippen LogP contribution < -0.4 is 11.1 Å². The van der Waals surface area contributed by atoms with Gasteiger partial charge in [-0.25, -0.2) is 0 Å². The van der Waals surface area contributed by atoms with Crippen LogP contribution in [0.15, 0.2) is 12.1 Å². The molecule has 0 aliphatic rings. The van der Waals surface area contributed by atoms with Gasteiger partial charge in [-0.1, -0.05) is 6.92 Å². The smallest absolute Gasteiger partial charge is 0.306 e. The van der Waals surface area contributed by atoms with Crippen LogP contribution in [0, 0.1) is 5.92 Å². The number of nitrogens with two attached hydrogens (primary N) is 1. The summed E-state index contributed by atoms with van der Waals surface area (Å²) in [5.41, 5.74) is 5.10. The fourth-order valence-corrected chi connectivity index (χ4v) is 1.10. The standard InChI is InChI=1S/C10H14N4O3/c1-6(10(16)17)4-5-12-8-3-2-7(9(11)15)13-14-8/h2-3,6H,4-5H2,1H3,(H2,11,15)(H,12,14)(H,16,17). The van der Waals surface area contributed by atoms with Crippen LogP contribution in [0.25, 0.3) is 0 Å². The van der Waals surface area contributed by atoms with Crippen LogP contribution in [0.5, 0.6) is 0 Å². The molecule has 1 unspecified atom stereocenters. The zero-order valence-electron chi connectivity index (χ0n) is 9.38. The monoisotopic (exact) mass is 238 g/mol. The minimum Gasteiger partial charge on any atom is -0.481 e. The van der Waals surface area contributed by atoms with Crippen molar-refractivity contribution in [2.24, 2.45) is 11.7 Å². The molecule has 0 saturated carbocycles. The third kappa shape index (κ3) is 4.06. The number of rotatable bonds is 6. The van der Waals surface area contributed by atoms with Gasteiger partial charge in [0.05, 0.1) is 5.92 Å². The number of carboxylic acid groups (broad SMARTS) is 1. The lowest BCUT2D eigenvalue weighted by molar-refractivity contribution is -0.141. The van der Waals surface area contributed by atoms with Crippen LogP contribution in [0.1, 0.15) is 23.8 Å². The molecule has 0 fully saturated rings. The fourth-order valence-electron chi connectivity index (χ4n) is 1.10. The zero-order valence-corrected chi connectivity index (χ0v) is 9.38. The molecule has 1 aromatic heterocycles. The van der Waals surface area contributed by atoms with Crippen LogP contribution >= 0.6 is 0 Å². The molecule has 4 N–H and O–H groups in total. The lowest BCUT2D eigenvalue weighted by atomic mass is 10.1. The molecule has 7 nitrogen and oxygen atoms in total. The SMILES string of the molecule is CC(CCNc1ccc(C(N)=O)nn1)C(=O)O. The van der Waals surface area contributed by atoms with E-state index in [4.69, 9.17) is 10.8 Å². The van der Waals surface area contributed by atoms with Crippen LogP contribution in [0.4, 0.5) is 5.82 Å². The van der Waals surface area contributed by atoms with Crippen LogP contribution in [0.3, 0.4) is 0 Å². The Hall–Kier alpha value is -2.18. The minimum absolute atomic E-state index is 0.0921. The van der Waals surface area contributed by atoms with Crippen molar-refractivity contribution >= 4 is 17.7 Å². The van der Waals surface area contributed by atoms with E-state index in [-0.39, 0.29) is 5.69 Å². The van der Waals surface area contributed by atoms with E-state index in [1.165, 1.54) is 6.07 Å². The Morgan fingerprint density at radius 3 is 2.65 bits per heavy atom. The Balaban J connectivity index is 2.42. The Morgan fingerprint density at radius 1 is 1.47 bits per heavy atom. The second-order valence-corrected chi connectivity index (χ2v) is 3.62. The zero-order chi connectivity index (χ0) is 12.8. The maximum absolute atomic E-state index is 10.7. The molecule has 0 saturated heterocycles. The molecule has 0 aliphatic carbocycles. The quantitative estimate of drug-likeness (QED) is 0.646. The number of anilines is 1. The van der Waals surface area contributed by atoms with Crippen molar-refractivity contribution in [1.29, 1.82) is 0 Å². The number of nitrogens with one attached hydrogen (secondary N) is 1. The summed E-state index contributed by atoms with van der Waals surface area (Å²) in [5, 5.41) is 18.9. The molecule has 17 heavy (non-hydrogen) atoms. The van der Waals surface area contributed by atoms with Gasteiger partial charge in [0.15, 0.2) is 5.69 Å². The van der Waals surface area contributed by atoms with Gasteiger partial charge in [0, 0.05) is 6.54 Å². The number of aliphatic carboxylic acids is 1. The van der Waals surface area contributed by atoms with Crippen LogP contribution in [-0.2, 0) is 4.79 Å². The summed E-state index contributed by atoms with van der Waals surface area (Å²) < 4.78 is 0. The van der Waals surface area contributed by atoms with Crippen molar-refractivity contribution in [1.82, 2.24) is 10.2 Å². The first kappa shape index (κ1) is 12.9. The molecule has 0 aliphatic heterocycles. The Morgan fingerprint density at radius 2 is 2.18 bits per heavy atom. The average Bonchev–Trinajstić information content (AvgIpc) is 2.29. The summed E-state index contributed by atoms with van der Waals surface area (Å²) in [6, 6.07) is 3.02. The van der Waals surface area contributed by atoms with E-state index >= 15 is 0 Å². The third-order valence-electron chi connectivity index (χ3n) is 2.22. The highest BCUT2D eigenvalue weighted by atomic mass is 16.4. The number of hydrogen-bond acceptors (Lipinski definition) is 5. The molecule has 0 bridgehead atoms. The van der Waals surface area contributed by atoms with E-state index in [0.717, 1.165) is 0 Å². The lowest BCUT2D eigenvalue weighted by Crippen LogP contribution is -2.16. The summed E-state index contributed by atoms with van der Waals surface area (Å²) in [5.74, 6) is -1.40. The first-order valence-electron chi connectivity index (χ1n) is 5.11. The lowest BCUT2D eigenvalue weighted by Gasteiger charge is -2.07. The molecule has 1 aromatic rings. The van der Waals surface area contributed by atoms with Crippen molar-refractivity contribution in [2.75, 3.05) is 11.9 Å². The van der Waals surface area contributed by atoms with Crippen molar-refractivity contribution in [3.05, 3.63) is 17.8 Å². The van der Waals surface area contributed by atoms with Gasteiger partial charge in [0.2, 0.25) is 0 Å². The largest absolute Gasteiger partial charge is 0.481 e. The van der Waals surface area contributed by atoms with E-state index in [9.17, 15) is 9.59 Å². The molecule has 0 radical (unpaired) electrons. The molecule has 1 amide bonds. The Labute approximate surface area is 98.0 Å². The molecule has 0 spiro atoms. The minimum atomic E-state index is -0.832. The third-order valence-corrected chi connectivity index (χ3v) is 2.22. The van der Waals surface area contributed by atoms with Crippen LogP contribution in [0.2, 0.25) is 0 Å². The number of aromatic nitrogens is 2. The second-order valence-electron chi connectivity index (χ2n) is 3.62. The van der Waals surface area contributed by atoms with Gasteiger partial charge in [-0.2, -0.15) is 0 Å². The molecule has 92 valence electrons. The van der Waals surface area contributed by atoms with Gasteiger partial charge in [-0.3, -0.25) is 9.59 Å². The number of carboxylic acids is 1. The Kier molecular flexibility index (Phi) is 4.38. The summed E-state index contributed by atoms with van der Waals surface area (Å²) in [4.78, 5) is 21.3. The van der Waals surface area contributed by atoms with E-state index < -0.39 is 17.8 Å². The summed E-state index contributed by atoms with van der Waals surface area (Å²) in [7, 11) is 0. The predicted octanol–water partition coefficient (Wildman–Crippen LogP) is 0.0982. The van der Waals surface area contributed by atoms with Crippen LogP contribution in [-0.4, -0.2) is 33.7 Å². The molecule has 1 rings (SSSR count). The average molecular weight is 238 g/mol. The highest BCUT2D eigenvalue weighted by Gasteiger charge is 2.10. The maximum Gasteiger partial charge on any atom is 0.306 e. The van der Waals surface area contributed by atoms with Gasteiger partial charge in [0.1, 0.15) is 5.82 Å². The molecular formula is C10H14N4O3. The van der Waals surface area contributed by atoms with Gasteiger partial charge >= 0.3 is 5.97 Å². The van der Waals surface area contributed by atoms with Crippen molar-refractivity contribution in [2.45, 2.75) is 13.3 Å². The molecule has 0 aromatic carbocycles. The van der Waals surface area contributed by atoms with E-state index in [1.807, 2.05) is 0 Å². The molecule has 7 heteroatoms. The number of nitrogens with zero attached hydrogens (tertiary/aromatic N) is 2. The predicted molar refractivity (Wildman–Crippen MR) is 60.5 cm³/mol. The topological polar surface area (TPSA) is 118 Å². The van der Waals surface area contributed by atoms with Crippen molar-refractivity contribution < 1.29 is 14.7 Å². The fraction of sp³-hybridized carbons (Fsp3) is 0.400. The number of hydrogen-bond donors (Lipinski definition) is 3. The van der Waals surface area contributed by atoms with Gasteiger partial charge in [-0.05, 0) is 18.6 Å². The van der Waals surface area contributed by atoms with E-state index in [2.05, 4.69) is 15.5 Å². The number of carbonyl (C=O) groups excluding carboxylic acids is 1. The molecular weight excluding hydrogens is 224 g/mol. The second kappa shape index (κ2) is 5.78. The summed E-state index contributed by atoms with van der Waals surface area (Å²) in [6.07, 6.45) is 0.481. The molecule has 1 atom stereocenters. The maximum atomic E-state index is 10.7. The highest BCUT2D eigenvalue weighted by Crippen LogP contribution is 2.05.